The van der Waals surface area contributed by atoms with Gasteiger partial charge in [-0.25, -0.2) is 4.40 Å². The van der Waals surface area contributed by atoms with E-state index in [-0.39, 0.29) is 12.4 Å². The highest BCUT2D eigenvalue weighted by molar-refractivity contribution is 5.61. The summed E-state index contributed by atoms with van der Waals surface area (Å²) in [4.78, 5) is 4.23. The van der Waals surface area contributed by atoms with E-state index in [2.05, 4.69) is 19.9 Å². The molecule has 0 atom stereocenters. The molecule has 2 aromatic carbocycles. The van der Waals surface area contributed by atoms with Gasteiger partial charge >= 0.3 is 6.61 Å². The van der Waals surface area contributed by atoms with Crippen LogP contribution >= 0.6 is 0 Å². The van der Waals surface area contributed by atoms with Crippen LogP contribution in [-0.4, -0.2) is 51.8 Å². The van der Waals surface area contributed by atoms with E-state index >= 15 is 0 Å². The van der Waals surface area contributed by atoms with E-state index in [1.807, 2.05) is 44.2 Å². The maximum Gasteiger partial charge on any atom is 0.387 e. The molecule has 0 amide bonds. The third-order valence-electron chi connectivity index (χ3n) is 5.90. The van der Waals surface area contributed by atoms with Crippen LogP contribution in [0.5, 0.6) is 11.6 Å². The molecule has 0 unspecified atom stereocenters. The first kappa shape index (κ1) is 23.1. The second-order valence-electron chi connectivity index (χ2n) is 8.78. The zero-order valence-electron chi connectivity index (χ0n) is 19.2. The van der Waals surface area contributed by atoms with E-state index in [1.54, 1.807) is 28.9 Å². The number of hydrogen-bond donors (Lipinski definition) is 0. The van der Waals surface area contributed by atoms with Gasteiger partial charge in [0.15, 0.2) is 17.3 Å². The summed E-state index contributed by atoms with van der Waals surface area (Å²) >= 11 is 0. The molecular formula is C25H24F2N4O4. The molecule has 10 heteroatoms. The first-order valence-corrected chi connectivity index (χ1v) is 11.1. The number of rotatable bonds is 7. The van der Waals surface area contributed by atoms with Crippen LogP contribution in [0, 0.1) is 0 Å². The van der Waals surface area contributed by atoms with Crippen molar-refractivity contribution in [2.24, 2.45) is 0 Å². The lowest BCUT2D eigenvalue weighted by Gasteiger charge is -2.43. The van der Waals surface area contributed by atoms with Crippen LogP contribution in [0.2, 0.25) is 0 Å². The van der Waals surface area contributed by atoms with Crippen molar-refractivity contribution in [3.8, 4) is 23.0 Å². The average molecular weight is 482 g/mol. The molecule has 0 spiro atoms. The lowest BCUT2D eigenvalue weighted by Crippen LogP contribution is -2.52. The highest BCUT2D eigenvalue weighted by atomic mass is 19.3. The van der Waals surface area contributed by atoms with Crippen molar-refractivity contribution >= 4 is 5.65 Å². The number of fused-ring (bicyclic) bond motifs is 1. The van der Waals surface area contributed by atoms with Crippen molar-refractivity contribution in [1.29, 1.82) is 0 Å². The van der Waals surface area contributed by atoms with Crippen LogP contribution in [0.25, 0.3) is 17.0 Å². The molecule has 4 aromatic rings. The van der Waals surface area contributed by atoms with Gasteiger partial charge in [0.25, 0.3) is 0 Å². The summed E-state index contributed by atoms with van der Waals surface area (Å²) in [7, 11) is 0. The molecule has 1 aliphatic rings. The minimum absolute atomic E-state index is 0.0562. The molecule has 35 heavy (non-hydrogen) atoms. The number of halogens is 2. The molecule has 0 aliphatic carbocycles. The van der Waals surface area contributed by atoms with Gasteiger partial charge in [-0.2, -0.15) is 8.78 Å². The van der Waals surface area contributed by atoms with Crippen LogP contribution in [0.4, 0.5) is 8.78 Å². The van der Waals surface area contributed by atoms with E-state index < -0.39 is 17.8 Å². The summed E-state index contributed by atoms with van der Waals surface area (Å²) in [5.74, 6) is 0.282. The molecule has 1 saturated heterocycles. The van der Waals surface area contributed by atoms with Gasteiger partial charge < -0.3 is 18.9 Å². The Kier molecular flexibility index (Phi) is 6.08. The zero-order chi connectivity index (χ0) is 24.5. The average Bonchev–Trinajstić information content (AvgIpc) is 3.29. The van der Waals surface area contributed by atoms with Crippen molar-refractivity contribution in [3.05, 3.63) is 72.6 Å². The monoisotopic (exact) mass is 482 g/mol. The lowest BCUT2D eigenvalue weighted by molar-refractivity contribution is -0.272. The van der Waals surface area contributed by atoms with E-state index in [9.17, 15) is 8.78 Å². The standard InChI is InChI=1S/C25H24F2N4O4/c1-24(2)33-15-25(16-34-24,18-6-4-3-5-7-18)14-32-21-13-28-12-20-29-30-22(31(20)21)17-8-10-19(11-9-17)35-23(26)27/h3-13,23H,14-16H2,1-2H3. The van der Waals surface area contributed by atoms with Crippen molar-refractivity contribution in [3.63, 3.8) is 0 Å². The molecule has 1 aliphatic heterocycles. The fourth-order valence-corrected chi connectivity index (χ4v) is 3.94. The summed E-state index contributed by atoms with van der Waals surface area (Å²) in [5.41, 5.74) is 1.63. The van der Waals surface area contributed by atoms with Gasteiger partial charge in [0.05, 0.1) is 31.0 Å². The van der Waals surface area contributed by atoms with E-state index in [0.29, 0.717) is 36.1 Å². The molecule has 0 saturated carbocycles. The maximum atomic E-state index is 12.5. The summed E-state index contributed by atoms with van der Waals surface area (Å²) in [5, 5.41) is 8.45. The molecule has 0 radical (unpaired) electrons. The fourth-order valence-electron chi connectivity index (χ4n) is 3.94. The molecule has 0 bridgehead atoms. The largest absolute Gasteiger partial charge is 0.476 e. The molecule has 3 heterocycles. The Morgan fingerprint density at radius 3 is 2.37 bits per heavy atom. The van der Waals surface area contributed by atoms with Gasteiger partial charge in [-0.3, -0.25) is 4.98 Å². The summed E-state index contributed by atoms with van der Waals surface area (Å²) in [6.45, 7) is 1.95. The van der Waals surface area contributed by atoms with Crippen LogP contribution in [-0.2, 0) is 14.9 Å². The highest BCUT2D eigenvalue weighted by Gasteiger charge is 2.42. The predicted octanol–water partition coefficient (Wildman–Crippen LogP) is 4.49. The third kappa shape index (κ3) is 4.80. The normalized spacial score (nSPS) is 16.9. The maximum absolute atomic E-state index is 12.5. The first-order valence-electron chi connectivity index (χ1n) is 11.1. The van der Waals surface area contributed by atoms with Gasteiger partial charge in [-0.15, -0.1) is 10.2 Å². The van der Waals surface area contributed by atoms with Crippen molar-refractivity contribution < 1.29 is 27.7 Å². The van der Waals surface area contributed by atoms with Crippen LogP contribution in [0.15, 0.2) is 67.0 Å². The number of aromatic nitrogens is 4. The molecule has 8 nitrogen and oxygen atoms in total. The quantitative estimate of drug-likeness (QED) is 0.384. The Morgan fingerprint density at radius 2 is 1.69 bits per heavy atom. The molecule has 0 N–H and O–H groups in total. The van der Waals surface area contributed by atoms with Gasteiger partial charge in [-0.1, -0.05) is 30.3 Å². The van der Waals surface area contributed by atoms with Gasteiger partial charge in [-0.05, 0) is 43.7 Å². The second kappa shape index (κ2) is 9.20. The van der Waals surface area contributed by atoms with E-state index in [4.69, 9.17) is 14.2 Å². The molecule has 5 rings (SSSR count). The topological polar surface area (TPSA) is 80.0 Å². The molecule has 1 fully saturated rings. The van der Waals surface area contributed by atoms with Gasteiger partial charge in [0, 0.05) is 5.56 Å². The molecule has 182 valence electrons. The summed E-state index contributed by atoms with van der Waals surface area (Å²) in [6.07, 6.45) is 3.15. The minimum Gasteiger partial charge on any atom is -0.476 e. The number of alkyl halides is 2. The molecular weight excluding hydrogens is 458 g/mol. The summed E-state index contributed by atoms with van der Waals surface area (Å²) in [6, 6.07) is 16.1. The highest BCUT2D eigenvalue weighted by Crippen LogP contribution is 2.34. The Labute approximate surface area is 200 Å². The van der Waals surface area contributed by atoms with Crippen LogP contribution < -0.4 is 9.47 Å². The minimum atomic E-state index is -2.89. The number of hydrogen-bond acceptors (Lipinski definition) is 7. The Hall–Kier alpha value is -3.63. The fraction of sp³-hybridized carbons (Fsp3) is 0.320. The van der Waals surface area contributed by atoms with Crippen molar-refractivity contribution in [2.45, 2.75) is 31.7 Å². The third-order valence-corrected chi connectivity index (χ3v) is 5.90. The Morgan fingerprint density at radius 1 is 0.971 bits per heavy atom. The SMILES string of the molecule is CC1(C)OCC(COc2cncc3nnc(-c4ccc(OC(F)F)cc4)n23)(c2ccccc2)CO1. The zero-order valence-corrected chi connectivity index (χ0v) is 19.2. The Bertz CT molecular complexity index is 1290. The van der Waals surface area contributed by atoms with Crippen molar-refractivity contribution in [2.75, 3.05) is 19.8 Å². The Balaban J connectivity index is 1.46. The lowest BCUT2D eigenvalue weighted by atomic mass is 9.82. The van der Waals surface area contributed by atoms with Gasteiger partial charge in [0.2, 0.25) is 5.88 Å². The molecule has 2 aromatic heterocycles. The van der Waals surface area contributed by atoms with E-state index in [0.717, 1.165) is 5.56 Å². The number of ether oxygens (including phenoxy) is 4. The predicted molar refractivity (Wildman–Crippen MR) is 122 cm³/mol. The summed E-state index contributed by atoms with van der Waals surface area (Å²) < 4.78 is 49.5. The van der Waals surface area contributed by atoms with Gasteiger partial charge in [0.1, 0.15) is 12.4 Å². The first-order chi connectivity index (χ1) is 16.9. The van der Waals surface area contributed by atoms with Crippen LogP contribution in [0.3, 0.4) is 0 Å². The number of benzene rings is 2. The smallest absolute Gasteiger partial charge is 0.387 e. The second-order valence-corrected chi connectivity index (χ2v) is 8.78. The van der Waals surface area contributed by atoms with Crippen LogP contribution in [0.1, 0.15) is 19.4 Å². The van der Waals surface area contributed by atoms with E-state index in [1.165, 1.54) is 12.1 Å². The van der Waals surface area contributed by atoms with Crippen molar-refractivity contribution in [1.82, 2.24) is 19.6 Å². The number of nitrogens with zero attached hydrogens (tertiary/aromatic N) is 4.